The average molecular weight is 383 g/mol. The van der Waals surface area contributed by atoms with Gasteiger partial charge in [-0.15, -0.1) is 0 Å². The van der Waals surface area contributed by atoms with Gasteiger partial charge in [-0.1, -0.05) is 12.1 Å². The highest BCUT2D eigenvalue weighted by molar-refractivity contribution is 7.92. The molecule has 2 rings (SSSR count). The van der Waals surface area contributed by atoms with Gasteiger partial charge in [-0.05, 0) is 26.0 Å². The molecule has 1 aliphatic rings. The van der Waals surface area contributed by atoms with Gasteiger partial charge in [-0.2, -0.15) is 0 Å². The van der Waals surface area contributed by atoms with Gasteiger partial charge < -0.3 is 14.5 Å². The molecule has 0 aliphatic carbocycles. The fourth-order valence-corrected chi connectivity index (χ4v) is 3.55. The van der Waals surface area contributed by atoms with Crippen LogP contribution in [0.15, 0.2) is 24.3 Å². The van der Waals surface area contributed by atoms with E-state index in [0.29, 0.717) is 37.6 Å². The Morgan fingerprint density at radius 2 is 1.85 bits per heavy atom. The van der Waals surface area contributed by atoms with E-state index in [0.717, 1.165) is 17.0 Å². The van der Waals surface area contributed by atoms with Crippen LogP contribution in [0, 0.1) is 0 Å². The van der Waals surface area contributed by atoms with E-state index in [2.05, 4.69) is 0 Å². The van der Waals surface area contributed by atoms with E-state index in [1.165, 1.54) is 0 Å². The normalized spacial score (nSPS) is 15.1. The maximum atomic E-state index is 12.6. The second-order valence-corrected chi connectivity index (χ2v) is 8.33. The number of hydrogen-bond acceptors (Lipinski definition) is 5. The Bertz CT molecular complexity index is 743. The first kappa shape index (κ1) is 20.0. The van der Waals surface area contributed by atoms with Crippen LogP contribution >= 0.6 is 0 Å². The maximum absolute atomic E-state index is 12.6. The molecule has 26 heavy (non-hydrogen) atoms. The predicted molar refractivity (Wildman–Crippen MR) is 98.6 cm³/mol. The first-order valence-corrected chi connectivity index (χ1v) is 10.3. The number of ether oxygens (including phenoxy) is 1. The number of piperazine rings is 1. The molecule has 2 amide bonds. The molecule has 0 spiro atoms. The lowest BCUT2D eigenvalue weighted by atomic mass is 10.2. The zero-order chi connectivity index (χ0) is 19.3. The van der Waals surface area contributed by atoms with Gasteiger partial charge in [0.25, 0.3) is 0 Å². The molecule has 8 nitrogen and oxygen atoms in total. The lowest BCUT2D eigenvalue weighted by Gasteiger charge is -2.34. The lowest BCUT2D eigenvalue weighted by molar-refractivity contribution is -0.133. The van der Waals surface area contributed by atoms with E-state index < -0.39 is 10.0 Å². The zero-order valence-corrected chi connectivity index (χ0v) is 16.1. The third-order valence-electron chi connectivity index (χ3n) is 3.99. The highest BCUT2D eigenvalue weighted by Crippen LogP contribution is 2.30. The van der Waals surface area contributed by atoms with Gasteiger partial charge in [-0.3, -0.25) is 13.9 Å². The van der Waals surface area contributed by atoms with E-state index >= 15 is 0 Å². The molecule has 0 bridgehead atoms. The number of carbonyl (C=O) groups excluding carboxylic acids is 2. The maximum Gasteiger partial charge on any atom is 0.243 e. The number of nitrogens with zero attached hydrogens (tertiary/aromatic N) is 3. The third-order valence-corrected chi connectivity index (χ3v) is 5.12. The van der Waals surface area contributed by atoms with Crippen LogP contribution in [0.4, 0.5) is 5.69 Å². The Morgan fingerprint density at radius 1 is 1.23 bits per heavy atom. The van der Waals surface area contributed by atoms with Crippen molar-refractivity contribution in [2.45, 2.75) is 20.0 Å². The molecule has 0 aromatic heterocycles. The number of para-hydroxylation sites is 2. The molecule has 1 aromatic carbocycles. The number of sulfonamides is 1. The molecule has 0 unspecified atom stereocenters. The van der Waals surface area contributed by atoms with Crippen molar-refractivity contribution in [2.75, 3.05) is 43.3 Å². The van der Waals surface area contributed by atoms with Crippen LogP contribution in [0.25, 0.3) is 0 Å². The Hall–Kier alpha value is -2.29. The van der Waals surface area contributed by atoms with E-state index in [9.17, 15) is 18.0 Å². The number of benzene rings is 1. The van der Waals surface area contributed by atoms with Crippen molar-refractivity contribution in [1.82, 2.24) is 9.80 Å². The first-order chi connectivity index (χ1) is 12.2. The number of carbonyl (C=O) groups is 2. The standard InChI is InChI=1S/C17H25N3O5S/c1-14(2)25-16-7-5-4-6-15(16)20(26(3,23)24)12-17(22)19-10-8-18(13-21)9-11-19/h4-7,13-14H,8-12H2,1-3H3. The first-order valence-electron chi connectivity index (χ1n) is 8.43. The minimum atomic E-state index is -3.69. The van der Waals surface area contributed by atoms with Crippen LogP contribution in [0.1, 0.15) is 13.8 Å². The summed E-state index contributed by atoms with van der Waals surface area (Å²) in [5.41, 5.74) is 0.337. The fraction of sp³-hybridized carbons (Fsp3) is 0.529. The highest BCUT2D eigenvalue weighted by atomic mass is 32.2. The molecule has 9 heteroatoms. The largest absolute Gasteiger partial charge is 0.489 e. The molecule has 0 N–H and O–H groups in total. The van der Waals surface area contributed by atoms with Crippen molar-refractivity contribution in [3.8, 4) is 5.75 Å². The van der Waals surface area contributed by atoms with Gasteiger partial charge in [0.2, 0.25) is 22.3 Å². The van der Waals surface area contributed by atoms with Crippen molar-refractivity contribution in [3.05, 3.63) is 24.3 Å². The summed E-state index contributed by atoms with van der Waals surface area (Å²) in [5.74, 6) is 0.104. The molecular weight excluding hydrogens is 358 g/mol. The van der Waals surface area contributed by atoms with Crippen molar-refractivity contribution in [2.24, 2.45) is 0 Å². The summed E-state index contributed by atoms with van der Waals surface area (Å²) in [7, 11) is -3.69. The summed E-state index contributed by atoms with van der Waals surface area (Å²) in [5, 5.41) is 0. The molecule has 0 saturated carbocycles. The third kappa shape index (κ3) is 5.10. The van der Waals surface area contributed by atoms with Crippen molar-refractivity contribution in [1.29, 1.82) is 0 Å². The number of rotatable bonds is 7. The van der Waals surface area contributed by atoms with Gasteiger partial charge in [-0.25, -0.2) is 8.42 Å². The van der Waals surface area contributed by atoms with Gasteiger partial charge in [0.15, 0.2) is 0 Å². The van der Waals surface area contributed by atoms with Crippen LogP contribution in [0.2, 0.25) is 0 Å². The van der Waals surface area contributed by atoms with Gasteiger partial charge in [0.1, 0.15) is 12.3 Å². The summed E-state index contributed by atoms with van der Waals surface area (Å²) in [4.78, 5) is 26.6. The van der Waals surface area contributed by atoms with E-state index in [1.807, 2.05) is 13.8 Å². The molecule has 1 heterocycles. The monoisotopic (exact) mass is 383 g/mol. The summed E-state index contributed by atoms with van der Waals surface area (Å²) in [6.45, 7) is 5.05. The average Bonchev–Trinajstić information content (AvgIpc) is 2.59. The number of amides is 2. The Morgan fingerprint density at radius 3 is 2.38 bits per heavy atom. The van der Waals surface area contributed by atoms with Gasteiger partial charge in [0, 0.05) is 26.2 Å². The van der Waals surface area contributed by atoms with Crippen LogP contribution < -0.4 is 9.04 Å². The summed E-state index contributed by atoms with van der Waals surface area (Å²) < 4.78 is 31.4. The number of anilines is 1. The molecule has 144 valence electrons. The van der Waals surface area contributed by atoms with Gasteiger partial charge in [0.05, 0.1) is 18.0 Å². The van der Waals surface area contributed by atoms with Crippen molar-refractivity contribution < 1.29 is 22.7 Å². The second-order valence-electron chi connectivity index (χ2n) is 6.43. The molecule has 1 saturated heterocycles. The van der Waals surface area contributed by atoms with Crippen LogP contribution in [-0.2, 0) is 19.6 Å². The van der Waals surface area contributed by atoms with Gasteiger partial charge >= 0.3 is 0 Å². The predicted octanol–water partition coefficient (Wildman–Crippen LogP) is 0.540. The Balaban J connectivity index is 2.22. The minimum Gasteiger partial charge on any atom is -0.489 e. The summed E-state index contributed by atoms with van der Waals surface area (Å²) in [6.07, 6.45) is 1.69. The minimum absolute atomic E-state index is 0.135. The molecule has 0 radical (unpaired) electrons. The lowest BCUT2D eigenvalue weighted by Crippen LogP contribution is -2.51. The molecular formula is C17H25N3O5S. The van der Waals surface area contributed by atoms with Crippen molar-refractivity contribution in [3.63, 3.8) is 0 Å². The van der Waals surface area contributed by atoms with E-state index in [4.69, 9.17) is 4.74 Å². The Labute approximate surface area is 154 Å². The molecule has 0 atom stereocenters. The summed E-state index contributed by atoms with van der Waals surface area (Å²) in [6, 6.07) is 6.76. The van der Waals surface area contributed by atoms with E-state index in [1.54, 1.807) is 34.1 Å². The second kappa shape index (κ2) is 8.39. The SMILES string of the molecule is CC(C)Oc1ccccc1N(CC(=O)N1CCN(C=O)CC1)S(C)(=O)=O. The smallest absolute Gasteiger partial charge is 0.243 e. The topological polar surface area (TPSA) is 87.2 Å². The zero-order valence-electron chi connectivity index (χ0n) is 15.3. The summed E-state index contributed by atoms with van der Waals surface area (Å²) >= 11 is 0. The molecule has 1 aromatic rings. The van der Waals surface area contributed by atoms with Crippen molar-refractivity contribution >= 4 is 28.0 Å². The van der Waals surface area contributed by atoms with Crippen LogP contribution in [0.5, 0.6) is 5.75 Å². The number of hydrogen-bond donors (Lipinski definition) is 0. The Kier molecular flexibility index (Phi) is 6.47. The molecule has 1 fully saturated rings. The quantitative estimate of drug-likeness (QED) is 0.642. The van der Waals surface area contributed by atoms with Crippen LogP contribution in [-0.4, -0.2) is 75.6 Å². The molecule has 1 aliphatic heterocycles. The fourth-order valence-electron chi connectivity index (χ4n) is 2.70. The van der Waals surface area contributed by atoms with Crippen LogP contribution in [0.3, 0.4) is 0 Å². The highest BCUT2D eigenvalue weighted by Gasteiger charge is 2.28. The van der Waals surface area contributed by atoms with E-state index in [-0.39, 0.29) is 18.6 Å².